The Morgan fingerprint density at radius 3 is 1.91 bits per heavy atom. The first-order valence-electron chi connectivity index (χ1n) is 2.30. The number of carbonyl (C=O) groups excluding carboxylic acids is 1. The fraction of sp³-hybridized carbons (Fsp3) is 0.400. The van der Waals surface area contributed by atoms with Crippen molar-refractivity contribution >= 4 is 5.78 Å². The van der Waals surface area contributed by atoms with Gasteiger partial charge in [0.1, 0.15) is 0 Å². The molecule has 0 saturated heterocycles. The molecule has 0 unspecified atom stereocenters. The van der Waals surface area contributed by atoms with Gasteiger partial charge < -0.3 is 5.11 Å². The molecule has 0 saturated carbocycles. The zero-order chi connectivity index (χ0) is 8.36. The van der Waals surface area contributed by atoms with E-state index in [0.29, 0.717) is 0 Å². The van der Waals surface area contributed by atoms with Crippen LogP contribution in [0.2, 0.25) is 0 Å². The molecule has 0 fully saturated rings. The summed E-state index contributed by atoms with van der Waals surface area (Å²) in [5.41, 5.74) is 0. The second-order valence-electron chi connectivity index (χ2n) is 1.62. The van der Waals surface area contributed by atoms with E-state index in [0.717, 1.165) is 6.92 Å². The second-order valence-corrected chi connectivity index (χ2v) is 1.62. The Hall–Kier alpha value is -0.260. The molecular weight excluding hydrogens is 257 g/mol. The van der Waals surface area contributed by atoms with Crippen molar-refractivity contribution in [1.82, 2.24) is 0 Å². The van der Waals surface area contributed by atoms with Crippen LogP contribution in [0.5, 0.6) is 0 Å². The summed E-state index contributed by atoms with van der Waals surface area (Å²) in [6.45, 7) is 0.879. The maximum absolute atomic E-state index is 11.3. The molecule has 11 heavy (non-hydrogen) atoms. The van der Waals surface area contributed by atoms with Crippen molar-refractivity contribution in [2.75, 3.05) is 0 Å². The van der Waals surface area contributed by atoms with Crippen LogP contribution in [-0.2, 0) is 27.2 Å². The van der Waals surface area contributed by atoms with Crippen molar-refractivity contribution in [2.24, 2.45) is 0 Å². The average molecular weight is 261 g/mol. The first kappa shape index (κ1) is 13.3. The van der Waals surface area contributed by atoms with E-state index in [1.165, 1.54) is 0 Å². The zero-order valence-corrected chi connectivity index (χ0v) is 6.81. The molecular formula is C5H4AgF3O2. The van der Waals surface area contributed by atoms with Crippen LogP contribution in [0.1, 0.15) is 6.92 Å². The average Bonchev–Trinajstić information content (AvgIpc) is 1.60. The van der Waals surface area contributed by atoms with Crippen molar-refractivity contribution in [3.8, 4) is 0 Å². The number of hydrogen-bond donors (Lipinski definition) is 0. The minimum atomic E-state index is -4.92. The minimum absolute atomic E-state index is 0. The molecule has 68 valence electrons. The maximum Gasteiger partial charge on any atom is 1.00 e. The SMILES string of the molecule is CC(=O)C=C([O-])C(F)(F)F.[Ag+]. The molecule has 6 heteroatoms. The molecule has 0 amide bonds. The largest absolute Gasteiger partial charge is 1.00 e. The molecule has 0 spiro atoms. The van der Waals surface area contributed by atoms with Crippen LogP contribution in [0.4, 0.5) is 13.2 Å². The van der Waals surface area contributed by atoms with Gasteiger partial charge in [0.25, 0.3) is 0 Å². The van der Waals surface area contributed by atoms with Gasteiger partial charge in [0.15, 0.2) is 5.78 Å². The predicted octanol–water partition coefficient (Wildman–Crippen LogP) is 0.379. The third kappa shape index (κ3) is 6.15. The Kier molecular flexibility index (Phi) is 5.56. The monoisotopic (exact) mass is 260 g/mol. The molecule has 0 aromatic carbocycles. The fourth-order valence-electron chi connectivity index (χ4n) is 0.266. The molecule has 0 aliphatic heterocycles. The maximum atomic E-state index is 11.3. The van der Waals surface area contributed by atoms with Crippen LogP contribution in [0.25, 0.3) is 0 Å². The minimum Gasteiger partial charge on any atom is -0.869 e. The summed E-state index contributed by atoms with van der Waals surface area (Å²) in [5.74, 6) is -3.01. The number of alkyl halides is 3. The normalized spacial score (nSPS) is 12.2. The van der Waals surface area contributed by atoms with E-state index in [9.17, 15) is 23.1 Å². The standard InChI is InChI=1S/C5H5F3O2.Ag/c1-3(9)2-4(10)5(6,7)8;/h2,10H,1H3;/q;+1/p-1. The van der Waals surface area contributed by atoms with E-state index >= 15 is 0 Å². The summed E-state index contributed by atoms with van der Waals surface area (Å²) < 4.78 is 33.8. The van der Waals surface area contributed by atoms with Gasteiger partial charge in [0.05, 0.1) is 0 Å². The van der Waals surface area contributed by atoms with Gasteiger partial charge in [0, 0.05) is 0 Å². The summed E-state index contributed by atoms with van der Waals surface area (Å²) in [7, 11) is 0. The van der Waals surface area contributed by atoms with E-state index in [1.807, 2.05) is 0 Å². The molecule has 0 atom stereocenters. The second kappa shape index (κ2) is 4.58. The summed E-state index contributed by atoms with van der Waals surface area (Å²) >= 11 is 0. The van der Waals surface area contributed by atoms with Crippen molar-refractivity contribution in [2.45, 2.75) is 13.1 Å². The number of ketones is 1. The topological polar surface area (TPSA) is 40.1 Å². The summed E-state index contributed by atoms with van der Waals surface area (Å²) in [6.07, 6.45) is -4.91. The van der Waals surface area contributed by atoms with Gasteiger partial charge in [-0.15, -0.1) is 0 Å². The number of rotatable bonds is 1. The van der Waals surface area contributed by atoms with E-state index in [4.69, 9.17) is 0 Å². The van der Waals surface area contributed by atoms with Gasteiger partial charge in [-0.2, -0.15) is 13.2 Å². The Morgan fingerprint density at radius 1 is 1.45 bits per heavy atom. The Balaban J connectivity index is 0. The zero-order valence-electron chi connectivity index (χ0n) is 5.33. The molecule has 0 radical (unpaired) electrons. The van der Waals surface area contributed by atoms with Crippen LogP contribution in [0, 0.1) is 0 Å². The van der Waals surface area contributed by atoms with E-state index < -0.39 is 17.7 Å². The van der Waals surface area contributed by atoms with Gasteiger partial charge >= 0.3 is 28.6 Å². The van der Waals surface area contributed by atoms with Crippen LogP contribution >= 0.6 is 0 Å². The predicted molar refractivity (Wildman–Crippen MR) is 24.8 cm³/mol. The van der Waals surface area contributed by atoms with Crippen LogP contribution in [-0.4, -0.2) is 12.0 Å². The van der Waals surface area contributed by atoms with Crippen LogP contribution in [0.3, 0.4) is 0 Å². The smallest absolute Gasteiger partial charge is 0.869 e. The molecule has 0 N–H and O–H groups in total. The van der Waals surface area contributed by atoms with Gasteiger partial charge in [-0.1, -0.05) is 0 Å². The van der Waals surface area contributed by atoms with E-state index in [1.54, 1.807) is 0 Å². The third-order valence-corrected chi connectivity index (χ3v) is 0.614. The van der Waals surface area contributed by atoms with Gasteiger partial charge in [-0.3, -0.25) is 4.79 Å². The van der Waals surface area contributed by atoms with Crippen LogP contribution < -0.4 is 5.11 Å². The summed E-state index contributed by atoms with van der Waals surface area (Å²) in [5, 5.41) is 9.87. The molecule has 2 nitrogen and oxygen atoms in total. The Morgan fingerprint density at radius 2 is 1.82 bits per heavy atom. The molecule has 0 heterocycles. The number of carbonyl (C=O) groups is 1. The van der Waals surface area contributed by atoms with Gasteiger partial charge in [-0.05, 0) is 18.8 Å². The van der Waals surface area contributed by atoms with Crippen molar-refractivity contribution in [3.05, 3.63) is 11.8 Å². The first-order valence-corrected chi connectivity index (χ1v) is 2.30. The van der Waals surface area contributed by atoms with E-state index in [2.05, 4.69) is 0 Å². The first-order chi connectivity index (χ1) is 4.34. The number of hydrogen-bond acceptors (Lipinski definition) is 2. The van der Waals surface area contributed by atoms with Crippen LogP contribution in [0.15, 0.2) is 11.8 Å². The fourth-order valence-corrected chi connectivity index (χ4v) is 0.266. The summed E-state index contributed by atoms with van der Waals surface area (Å²) in [4.78, 5) is 9.92. The molecule has 0 aliphatic rings. The Bertz CT molecular complexity index is 173. The number of allylic oxidation sites excluding steroid dienone is 2. The van der Waals surface area contributed by atoms with Gasteiger partial charge in [0.2, 0.25) is 0 Å². The molecule has 0 bridgehead atoms. The van der Waals surface area contributed by atoms with Crippen molar-refractivity contribution < 1.29 is 45.5 Å². The third-order valence-electron chi connectivity index (χ3n) is 0.614. The summed E-state index contributed by atoms with van der Waals surface area (Å²) in [6, 6.07) is 0. The molecule has 0 aliphatic carbocycles. The van der Waals surface area contributed by atoms with Crippen molar-refractivity contribution in [3.63, 3.8) is 0 Å². The van der Waals surface area contributed by atoms with E-state index in [-0.39, 0.29) is 28.5 Å². The molecule has 0 rings (SSSR count). The quantitative estimate of drug-likeness (QED) is 0.389. The molecule has 0 aromatic heterocycles. The Labute approximate surface area is 76.6 Å². The number of halogens is 3. The molecule has 0 aromatic rings. The van der Waals surface area contributed by atoms with Crippen molar-refractivity contribution in [1.29, 1.82) is 0 Å². The van der Waals surface area contributed by atoms with Gasteiger partial charge in [-0.25, -0.2) is 0 Å².